The van der Waals surface area contributed by atoms with Crippen molar-refractivity contribution in [2.75, 3.05) is 47.5 Å². The molecule has 1 aliphatic rings. The summed E-state index contributed by atoms with van der Waals surface area (Å²) in [5, 5.41) is 3.49. The van der Waals surface area contributed by atoms with Gasteiger partial charge in [0.25, 0.3) is 0 Å². The number of rotatable bonds is 9. The van der Waals surface area contributed by atoms with Crippen molar-refractivity contribution in [3.05, 3.63) is 59.7 Å². The molecule has 1 atom stereocenters. The summed E-state index contributed by atoms with van der Waals surface area (Å²) < 4.78 is 16.7. The number of aliphatic imine (C=N–C) groups is 1. The van der Waals surface area contributed by atoms with E-state index in [1.165, 1.54) is 5.56 Å². The Hall–Kier alpha value is -2.00. The number of nitrogens with one attached hydrogen (secondary N) is 1. The van der Waals surface area contributed by atoms with Crippen LogP contribution in [-0.4, -0.2) is 58.4 Å². The third-order valence-electron chi connectivity index (χ3n) is 5.43. The average molecular weight is 539 g/mol. The van der Waals surface area contributed by atoms with Crippen LogP contribution in [0, 0.1) is 5.92 Å². The van der Waals surface area contributed by atoms with Crippen LogP contribution in [0.2, 0.25) is 0 Å². The van der Waals surface area contributed by atoms with Gasteiger partial charge in [-0.15, -0.1) is 24.0 Å². The van der Waals surface area contributed by atoms with Crippen molar-refractivity contribution in [2.45, 2.75) is 19.4 Å². The zero-order valence-corrected chi connectivity index (χ0v) is 21.0. The van der Waals surface area contributed by atoms with Crippen LogP contribution < -0.4 is 14.8 Å². The van der Waals surface area contributed by atoms with Gasteiger partial charge in [0.1, 0.15) is 11.5 Å². The highest BCUT2D eigenvalue weighted by molar-refractivity contribution is 14.0. The number of methoxy groups -OCH3 is 2. The minimum atomic E-state index is 0. The first kappa shape index (κ1) is 25.3. The van der Waals surface area contributed by atoms with E-state index in [2.05, 4.69) is 27.3 Å². The summed E-state index contributed by atoms with van der Waals surface area (Å²) in [5.41, 5.74) is 2.34. The minimum absolute atomic E-state index is 0. The molecule has 0 bridgehead atoms. The summed E-state index contributed by atoms with van der Waals surface area (Å²) in [6.45, 7) is 4.20. The second kappa shape index (κ2) is 13.4. The van der Waals surface area contributed by atoms with Gasteiger partial charge in [-0.05, 0) is 42.2 Å². The van der Waals surface area contributed by atoms with E-state index in [0.29, 0.717) is 12.5 Å². The number of guanidine groups is 1. The fourth-order valence-electron chi connectivity index (χ4n) is 3.80. The molecule has 0 amide bonds. The van der Waals surface area contributed by atoms with Crippen LogP contribution in [0.1, 0.15) is 17.5 Å². The predicted octanol–water partition coefficient (Wildman–Crippen LogP) is 3.98. The Morgan fingerprint density at radius 1 is 1.13 bits per heavy atom. The Morgan fingerprint density at radius 2 is 1.94 bits per heavy atom. The molecule has 2 aromatic carbocycles. The minimum Gasteiger partial charge on any atom is -0.497 e. The maximum atomic E-state index is 5.94. The molecule has 6 nitrogen and oxygen atoms in total. The van der Waals surface area contributed by atoms with Gasteiger partial charge in [-0.3, -0.25) is 4.99 Å². The highest BCUT2D eigenvalue weighted by Crippen LogP contribution is 2.24. The van der Waals surface area contributed by atoms with Crippen LogP contribution in [0.5, 0.6) is 11.5 Å². The first-order valence-corrected chi connectivity index (χ1v) is 10.5. The van der Waals surface area contributed by atoms with E-state index in [4.69, 9.17) is 14.2 Å². The van der Waals surface area contributed by atoms with Crippen LogP contribution in [0.25, 0.3) is 0 Å². The Labute approximate surface area is 203 Å². The van der Waals surface area contributed by atoms with Crippen LogP contribution >= 0.6 is 24.0 Å². The summed E-state index contributed by atoms with van der Waals surface area (Å²) in [5.74, 6) is 3.20. The van der Waals surface area contributed by atoms with Crippen molar-refractivity contribution in [1.29, 1.82) is 0 Å². The van der Waals surface area contributed by atoms with Gasteiger partial charge >= 0.3 is 0 Å². The normalized spacial score (nSPS) is 16.0. The van der Waals surface area contributed by atoms with E-state index in [-0.39, 0.29) is 24.0 Å². The number of hydrogen-bond donors (Lipinski definition) is 1. The lowest BCUT2D eigenvalue weighted by atomic mass is 10.1. The topological polar surface area (TPSA) is 55.3 Å². The zero-order chi connectivity index (χ0) is 21.2. The van der Waals surface area contributed by atoms with Crippen molar-refractivity contribution < 1.29 is 14.2 Å². The van der Waals surface area contributed by atoms with Crippen molar-refractivity contribution in [2.24, 2.45) is 10.9 Å². The number of hydrogen-bond acceptors (Lipinski definition) is 4. The summed E-state index contributed by atoms with van der Waals surface area (Å²) in [6.07, 6.45) is 1.95. The number of likely N-dealkylation sites (tertiary alicyclic amines) is 1. The van der Waals surface area contributed by atoms with E-state index >= 15 is 0 Å². The molecular weight excluding hydrogens is 505 g/mol. The molecule has 2 aromatic rings. The molecule has 1 unspecified atom stereocenters. The Balaban J connectivity index is 0.00000341. The maximum absolute atomic E-state index is 5.94. The van der Waals surface area contributed by atoms with Crippen LogP contribution in [0.3, 0.4) is 0 Å². The quantitative estimate of drug-likeness (QED) is 0.297. The lowest BCUT2D eigenvalue weighted by molar-refractivity contribution is 0.0907. The Bertz CT molecular complexity index is 817. The van der Waals surface area contributed by atoms with E-state index in [9.17, 15) is 0 Å². The third-order valence-corrected chi connectivity index (χ3v) is 5.43. The zero-order valence-electron chi connectivity index (χ0n) is 18.7. The van der Waals surface area contributed by atoms with Gasteiger partial charge < -0.3 is 24.4 Å². The van der Waals surface area contributed by atoms with Gasteiger partial charge in [0, 0.05) is 32.6 Å². The van der Waals surface area contributed by atoms with Crippen molar-refractivity contribution >= 4 is 29.9 Å². The first-order valence-electron chi connectivity index (χ1n) is 10.5. The molecule has 1 saturated heterocycles. The fourth-order valence-corrected chi connectivity index (χ4v) is 3.80. The Morgan fingerprint density at radius 3 is 2.65 bits per heavy atom. The highest BCUT2D eigenvalue weighted by Gasteiger charge is 2.25. The maximum Gasteiger partial charge on any atom is 0.193 e. The average Bonchev–Trinajstić information content (AvgIpc) is 3.26. The highest BCUT2D eigenvalue weighted by atomic mass is 127. The molecule has 1 aliphatic heterocycles. The summed E-state index contributed by atoms with van der Waals surface area (Å²) in [4.78, 5) is 6.79. The second-order valence-electron chi connectivity index (χ2n) is 7.50. The largest absolute Gasteiger partial charge is 0.497 e. The molecule has 1 heterocycles. The van der Waals surface area contributed by atoms with E-state index in [1.807, 2.05) is 43.4 Å². The van der Waals surface area contributed by atoms with Gasteiger partial charge in [0.15, 0.2) is 5.96 Å². The third kappa shape index (κ3) is 7.57. The summed E-state index contributed by atoms with van der Waals surface area (Å²) in [7, 11) is 5.22. The van der Waals surface area contributed by atoms with E-state index in [1.54, 1.807) is 14.2 Å². The monoisotopic (exact) mass is 539 g/mol. The van der Waals surface area contributed by atoms with E-state index < -0.39 is 0 Å². The molecule has 0 aromatic heterocycles. The van der Waals surface area contributed by atoms with Gasteiger partial charge in [-0.1, -0.05) is 30.3 Å². The Kier molecular flexibility index (Phi) is 10.9. The standard InChI is InChI=1S/C24H33N3O3.HI/c1-25-24(26-13-11-21-15-22(28-2)9-10-23(21)29-3)27-14-12-20(16-27)18-30-17-19-7-5-4-6-8-19;/h4-10,15,20H,11-14,16-18H2,1-3H3,(H,25,26);1H. The first-order chi connectivity index (χ1) is 14.7. The van der Waals surface area contributed by atoms with Gasteiger partial charge in [0.05, 0.1) is 27.4 Å². The van der Waals surface area contributed by atoms with Crippen LogP contribution in [0.15, 0.2) is 53.5 Å². The van der Waals surface area contributed by atoms with E-state index in [0.717, 1.165) is 62.1 Å². The van der Waals surface area contributed by atoms with Gasteiger partial charge in [-0.25, -0.2) is 0 Å². The lowest BCUT2D eigenvalue weighted by Gasteiger charge is -2.22. The molecule has 3 rings (SSSR count). The number of nitrogens with zero attached hydrogens (tertiary/aromatic N) is 2. The lowest BCUT2D eigenvalue weighted by Crippen LogP contribution is -2.41. The smallest absolute Gasteiger partial charge is 0.193 e. The molecule has 0 aliphatic carbocycles. The molecule has 0 saturated carbocycles. The predicted molar refractivity (Wildman–Crippen MR) is 136 cm³/mol. The molecule has 31 heavy (non-hydrogen) atoms. The van der Waals surface area contributed by atoms with Crippen molar-refractivity contribution in [3.63, 3.8) is 0 Å². The van der Waals surface area contributed by atoms with Gasteiger partial charge in [0.2, 0.25) is 0 Å². The molecular formula is C24H34IN3O3. The second-order valence-corrected chi connectivity index (χ2v) is 7.50. The fraction of sp³-hybridized carbons (Fsp3) is 0.458. The number of halogens is 1. The summed E-state index contributed by atoms with van der Waals surface area (Å²) >= 11 is 0. The molecule has 7 heteroatoms. The molecule has 0 spiro atoms. The molecule has 1 fully saturated rings. The number of ether oxygens (including phenoxy) is 3. The molecule has 170 valence electrons. The SMILES string of the molecule is CN=C(NCCc1cc(OC)ccc1OC)N1CCC(COCc2ccccc2)C1.I. The van der Waals surface area contributed by atoms with Crippen LogP contribution in [0.4, 0.5) is 0 Å². The number of benzene rings is 2. The van der Waals surface area contributed by atoms with Crippen molar-refractivity contribution in [3.8, 4) is 11.5 Å². The van der Waals surface area contributed by atoms with Gasteiger partial charge in [-0.2, -0.15) is 0 Å². The van der Waals surface area contributed by atoms with Crippen molar-refractivity contribution in [1.82, 2.24) is 10.2 Å². The van der Waals surface area contributed by atoms with Crippen LogP contribution in [-0.2, 0) is 17.8 Å². The summed E-state index contributed by atoms with van der Waals surface area (Å²) in [6, 6.07) is 16.2. The molecule has 1 N–H and O–H groups in total. The molecule has 0 radical (unpaired) electrons.